The number of aliphatic carboxylic acids is 4. The van der Waals surface area contributed by atoms with Gasteiger partial charge in [-0.2, -0.15) is 0 Å². The van der Waals surface area contributed by atoms with Gasteiger partial charge in [-0.1, -0.05) is 70.4 Å². The zero-order valence-electron chi connectivity index (χ0n) is 23.5. The largest absolute Gasteiger partial charge is 0.545 e. The van der Waals surface area contributed by atoms with E-state index in [1.54, 1.807) is 0 Å². The van der Waals surface area contributed by atoms with E-state index in [0.717, 1.165) is 19.6 Å². The van der Waals surface area contributed by atoms with E-state index >= 15 is 0 Å². The van der Waals surface area contributed by atoms with Crippen LogP contribution in [0.3, 0.4) is 0 Å². The normalized spacial score (nSPS) is 13.9. The lowest BCUT2D eigenvalue weighted by molar-refractivity contribution is -0.301. The molecule has 222 valence electrons. The van der Waals surface area contributed by atoms with Gasteiger partial charge >= 0.3 is 0 Å². The van der Waals surface area contributed by atoms with Crippen LogP contribution in [0.25, 0.3) is 0 Å². The van der Waals surface area contributed by atoms with Crippen molar-refractivity contribution in [2.24, 2.45) is 10.9 Å². The van der Waals surface area contributed by atoms with Crippen LogP contribution < -0.4 is 20.4 Å². The Kier molecular flexibility index (Phi) is 19.7. The summed E-state index contributed by atoms with van der Waals surface area (Å²) in [5.74, 6) is -4.40. The Morgan fingerprint density at radius 2 is 1.25 bits per heavy atom. The van der Waals surface area contributed by atoms with E-state index in [1.165, 1.54) is 56.7 Å². The maximum atomic E-state index is 9.41. The molecule has 2 rings (SSSR count). The summed E-state index contributed by atoms with van der Waals surface area (Å²) in [6, 6.07) is 10.7. The predicted molar refractivity (Wildman–Crippen MR) is 143 cm³/mol. The number of carbonyl (C=O) groups is 4. The zero-order chi connectivity index (χ0) is 30.3. The van der Waals surface area contributed by atoms with Gasteiger partial charge in [-0.3, -0.25) is 9.89 Å². The Hall–Kier alpha value is -3.99. The molecule has 40 heavy (non-hydrogen) atoms. The molecule has 0 unspecified atom stereocenters. The quantitative estimate of drug-likeness (QED) is 0.125. The Balaban J connectivity index is 0.000000780. The third-order valence-electron chi connectivity index (χ3n) is 5.35. The molecule has 0 saturated carbocycles. The van der Waals surface area contributed by atoms with Crippen LogP contribution in [-0.2, 0) is 19.2 Å². The molecular formula is C29H39N3O8-4. The van der Waals surface area contributed by atoms with Crippen molar-refractivity contribution in [3.8, 4) is 0 Å². The average Bonchev–Trinajstić information content (AvgIpc) is 2.91. The molecule has 1 saturated heterocycles. The number of carbonyl (C=O) groups excluding carboxylic acids is 4. The summed E-state index contributed by atoms with van der Waals surface area (Å²) in [6.07, 6.45) is 6.96. The molecule has 1 heterocycles. The van der Waals surface area contributed by atoms with Gasteiger partial charge in [0.15, 0.2) is 0 Å². The number of carboxylic acid groups (broad SMARTS) is 4. The van der Waals surface area contributed by atoms with Gasteiger partial charge in [0.25, 0.3) is 0 Å². The summed E-state index contributed by atoms with van der Waals surface area (Å²) >= 11 is 0. The molecule has 0 atom stereocenters. The monoisotopic (exact) mass is 557 g/mol. The first-order chi connectivity index (χ1) is 19.0. The highest BCUT2D eigenvalue weighted by Gasteiger charge is 2.20. The van der Waals surface area contributed by atoms with E-state index in [4.69, 9.17) is 4.99 Å². The average molecular weight is 558 g/mol. The van der Waals surface area contributed by atoms with Crippen LogP contribution in [0.1, 0.15) is 52.0 Å². The number of carboxylic acids is 4. The molecule has 11 nitrogen and oxygen atoms in total. The van der Waals surface area contributed by atoms with Crippen molar-refractivity contribution < 1.29 is 39.6 Å². The lowest BCUT2D eigenvalue weighted by atomic mass is 10.1. The topological polar surface area (TPSA) is 179 Å². The minimum atomic E-state index is -1.55. The molecule has 0 aliphatic carbocycles. The van der Waals surface area contributed by atoms with Crippen molar-refractivity contribution in [3.05, 3.63) is 60.2 Å². The van der Waals surface area contributed by atoms with Crippen LogP contribution in [0.2, 0.25) is 0 Å². The zero-order valence-corrected chi connectivity index (χ0v) is 23.5. The first kappa shape index (κ1) is 36.0. The summed E-state index contributed by atoms with van der Waals surface area (Å²) in [4.78, 5) is 47.7. The van der Waals surface area contributed by atoms with Crippen molar-refractivity contribution in [1.82, 2.24) is 9.80 Å². The van der Waals surface area contributed by atoms with Crippen molar-refractivity contribution in [1.29, 1.82) is 0 Å². The predicted octanol–water partition coefficient (Wildman–Crippen LogP) is -1.63. The Bertz CT molecular complexity index is 916. The second kappa shape index (κ2) is 21.9. The number of hydrogen-bond donors (Lipinski definition) is 0. The highest BCUT2D eigenvalue weighted by molar-refractivity contribution is 5.98. The second-order valence-corrected chi connectivity index (χ2v) is 9.26. The van der Waals surface area contributed by atoms with Crippen LogP contribution in [0.4, 0.5) is 0 Å². The van der Waals surface area contributed by atoms with Gasteiger partial charge in [-0.05, 0) is 43.2 Å². The number of rotatable bonds is 12. The van der Waals surface area contributed by atoms with Crippen molar-refractivity contribution in [2.45, 2.75) is 46.5 Å². The number of benzene rings is 1. The van der Waals surface area contributed by atoms with Gasteiger partial charge in [0.1, 0.15) is 5.84 Å². The molecule has 0 N–H and O–H groups in total. The molecule has 0 amide bonds. The SMILES string of the molecule is CCCCCCN1CCN(C(=NCC(C)C)c2ccccc2)CC1.O=C([O-])/C=C\C(=O)[O-].O=C([O-])/C=C\C(=O)[O-]. The fourth-order valence-electron chi connectivity index (χ4n) is 3.45. The number of unbranched alkanes of at least 4 members (excludes halogenated alkanes) is 3. The van der Waals surface area contributed by atoms with Crippen LogP contribution in [0.15, 0.2) is 59.6 Å². The smallest absolute Gasteiger partial charge is 0.130 e. The lowest BCUT2D eigenvalue weighted by Gasteiger charge is -2.36. The van der Waals surface area contributed by atoms with E-state index in [2.05, 4.69) is 60.9 Å². The van der Waals surface area contributed by atoms with Gasteiger partial charge in [-0.15, -0.1) is 0 Å². The van der Waals surface area contributed by atoms with Crippen LogP contribution in [-0.4, -0.2) is 78.8 Å². The molecule has 1 aliphatic rings. The number of aliphatic imine (C=N–C) groups is 1. The van der Waals surface area contributed by atoms with E-state index in [9.17, 15) is 39.6 Å². The molecule has 0 spiro atoms. The van der Waals surface area contributed by atoms with Gasteiger partial charge in [0.2, 0.25) is 0 Å². The molecule has 1 aliphatic heterocycles. The first-order valence-electron chi connectivity index (χ1n) is 13.2. The molecule has 0 aromatic heterocycles. The summed E-state index contributed by atoms with van der Waals surface area (Å²) in [5.41, 5.74) is 1.26. The molecule has 11 heteroatoms. The molecule has 1 aromatic carbocycles. The summed E-state index contributed by atoms with van der Waals surface area (Å²) in [6.45, 7) is 13.4. The summed E-state index contributed by atoms with van der Waals surface area (Å²) in [7, 11) is 0. The highest BCUT2D eigenvalue weighted by Crippen LogP contribution is 2.12. The molecule has 0 radical (unpaired) electrons. The van der Waals surface area contributed by atoms with Gasteiger partial charge in [0.05, 0.1) is 23.9 Å². The van der Waals surface area contributed by atoms with E-state index < -0.39 is 23.9 Å². The van der Waals surface area contributed by atoms with Crippen LogP contribution >= 0.6 is 0 Å². The fourth-order valence-corrected chi connectivity index (χ4v) is 3.45. The molecule has 1 aromatic rings. The second-order valence-electron chi connectivity index (χ2n) is 9.26. The summed E-state index contributed by atoms with van der Waals surface area (Å²) < 4.78 is 0. The van der Waals surface area contributed by atoms with Gasteiger partial charge in [-0.25, -0.2) is 0 Å². The molecule has 0 bridgehead atoms. The minimum Gasteiger partial charge on any atom is -0.545 e. The number of hydrogen-bond acceptors (Lipinski definition) is 10. The minimum absolute atomic E-state index is 0.384. The Labute approximate surface area is 236 Å². The Morgan fingerprint density at radius 3 is 1.65 bits per heavy atom. The number of amidine groups is 1. The van der Waals surface area contributed by atoms with Crippen molar-refractivity contribution in [3.63, 3.8) is 0 Å². The highest BCUT2D eigenvalue weighted by atomic mass is 16.4. The first-order valence-corrected chi connectivity index (χ1v) is 13.2. The molecule has 1 fully saturated rings. The fraction of sp³-hybridized carbons (Fsp3) is 0.483. The summed E-state index contributed by atoms with van der Waals surface area (Å²) in [5, 5.41) is 37.7. The lowest BCUT2D eigenvalue weighted by Crippen LogP contribution is -2.49. The molecular weight excluding hydrogens is 518 g/mol. The number of piperazine rings is 1. The maximum absolute atomic E-state index is 9.41. The van der Waals surface area contributed by atoms with Gasteiger partial charge < -0.3 is 44.5 Å². The van der Waals surface area contributed by atoms with Crippen LogP contribution in [0.5, 0.6) is 0 Å². The Morgan fingerprint density at radius 1 is 0.775 bits per heavy atom. The van der Waals surface area contributed by atoms with Gasteiger partial charge in [0, 0.05) is 38.3 Å². The van der Waals surface area contributed by atoms with Crippen molar-refractivity contribution >= 4 is 29.7 Å². The van der Waals surface area contributed by atoms with E-state index in [-0.39, 0.29) is 0 Å². The van der Waals surface area contributed by atoms with E-state index in [1.807, 2.05) is 0 Å². The van der Waals surface area contributed by atoms with Crippen LogP contribution in [0, 0.1) is 5.92 Å². The third-order valence-corrected chi connectivity index (χ3v) is 5.35. The van der Waals surface area contributed by atoms with Crippen molar-refractivity contribution in [2.75, 3.05) is 39.3 Å². The maximum Gasteiger partial charge on any atom is 0.130 e. The standard InChI is InChI=1S/C21H35N3.2C4H4O4/c1-4-5-6-10-13-23-14-16-24(17-15-23)21(22-18-19(2)3)20-11-8-7-9-12-20;2*5-3(6)1-2-4(7)8/h7-9,11-12,19H,4-6,10,13-18H2,1-3H3;2*1-2H,(H,5,6)(H,7,8)/p-4/b;2*2-1-. The van der Waals surface area contributed by atoms with E-state index in [0.29, 0.717) is 30.2 Å². The third kappa shape index (κ3) is 20.0. The number of nitrogens with zero attached hydrogens (tertiary/aromatic N) is 3.